The number of piperidine rings is 1. The molecule has 3 fully saturated rings. The second-order valence-corrected chi connectivity index (χ2v) is 14.1. The fourth-order valence-corrected chi connectivity index (χ4v) is 9.06. The van der Waals surface area contributed by atoms with Crippen LogP contribution in [-0.4, -0.2) is 102 Å². The first-order valence-electron chi connectivity index (χ1n) is 14.8. The van der Waals surface area contributed by atoms with Gasteiger partial charge in [0.2, 0.25) is 11.6 Å². The van der Waals surface area contributed by atoms with Gasteiger partial charge in [0.05, 0.1) is 23.4 Å². The number of methoxy groups -OCH3 is 1. The van der Waals surface area contributed by atoms with Crippen LogP contribution in [0.4, 0.5) is 9.59 Å². The number of allylic oxidation sites excluding steroid dienone is 2. The number of piperazine rings is 1. The van der Waals surface area contributed by atoms with Crippen LogP contribution in [0.5, 0.6) is 0 Å². The van der Waals surface area contributed by atoms with Crippen LogP contribution in [0, 0.1) is 5.92 Å². The minimum atomic E-state index is -1.33. The lowest BCUT2D eigenvalue weighted by Gasteiger charge is -2.40. The molecular formula is C30H37N5O7S2. The highest BCUT2D eigenvalue weighted by Crippen LogP contribution is 2.59. The van der Waals surface area contributed by atoms with Gasteiger partial charge in [0.1, 0.15) is 19.3 Å². The molecule has 4 heterocycles. The summed E-state index contributed by atoms with van der Waals surface area (Å²) < 4.78 is 16.8. The van der Waals surface area contributed by atoms with E-state index in [0.717, 1.165) is 22.8 Å². The summed E-state index contributed by atoms with van der Waals surface area (Å²) in [7, 11) is 5.03. The number of primary amides is 1. The summed E-state index contributed by atoms with van der Waals surface area (Å²) in [6, 6.07) is 7.09. The van der Waals surface area contributed by atoms with Crippen molar-refractivity contribution >= 4 is 45.3 Å². The first-order valence-corrected chi connectivity index (χ1v) is 17.1. The van der Waals surface area contributed by atoms with Gasteiger partial charge in [-0.3, -0.25) is 14.5 Å². The summed E-state index contributed by atoms with van der Waals surface area (Å²) in [6.45, 7) is 5.03. The number of hydrogen-bond acceptors (Lipinski definition) is 12. The number of ether oxygens (including phenoxy) is 3. The van der Waals surface area contributed by atoms with E-state index >= 15 is 0 Å². The van der Waals surface area contributed by atoms with Crippen molar-refractivity contribution in [1.82, 2.24) is 14.7 Å². The number of likely N-dealkylation sites (tertiary alicyclic amines) is 1. The molecule has 0 unspecified atom stereocenters. The maximum atomic E-state index is 13.3. The summed E-state index contributed by atoms with van der Waals surface area (Å²) in [5, 5.41) is 0. The first kappa shape index (κ1) is 30.8. The lowest BCUT2D eigenvalue weighted by atomic mass is 9.82. The molecule has 1 aromatic carbocycles. The summed E-state index contributed by atoms with van der Waals surface area (Å²) in [5.74, 6) is -0.733. The molecule has 14 heteroatoms. The normalized spacial score (nSPS) is 27.8. The number of hydrogen-bond donors (Lipinski definition) is 2. The number of nitrogens with two attached hydrogens (primary N) is 2. The van der Waals surface area contributed by atoms with E-state index < -0.39 is 41.4 Å². The van der Waals surface area contributed by atoms with E-state index in [2.05, 4.69) is 4.90 Å². The number of fused-ring (bicyclic) bond motifs is 4. The third-order valence-corrected chi connectivity index (χ3v) is 11.6. The summed E-state index contributed by atoms with van der Waals surface area (Å²) in [5.41, 5.74) is 11.0. The van der Waals surface area contributed by atoms with Crippen LogP contribution in [-0.2, 0) is 30.4 Å². The van der Waals surface area contributed by atoms with E-state index in [0.29, 0.717) is 0 Å². The molecule has 3 saturated heterocycles. The van der Waals surface area contributed by atoms with E-state index in [-0.39, 0.29) is 48.3 Å². The average Bonchev–Trinajstić information content (AvgIpc) is 3.54. The zero-order chi connectivity index (χ0) is 31.2. The van der Waals surface area contributed by atoms with Crippen molar-refractivity contribution in [3.8, 4) is 0 Å². The zero-order valence-electron chi connectivity index (χ0n) is 24.8. The fourth-order valence-electron chi connectivity index (χ4n) is 7.05. The van der Waals surface area contributed by atoms with Gasteiger partial charge in [0, 0.05) is 42.0 Å². The number of ketones is 2. The third-order valence-electron chi connectivity index (χ3n) is 9.28. The van der Waals surface area contributed by atoms with E-state index in [1.54, 1.807) is 20.6 Å². The van der Waals surface area contributed by atoms with E-state index in [1.807, 2.05) is 35.1 Å². The third kappa shape index (κ3) is 5.25. The lowest BCUT2D eigenvalue weighted by molar-refractivity contribution is -0.144. The Hall–Kier alpha value is -3.20. The molecule has 0 radical (unpaired) electrons. The zero-order valence-corrected chi connectivity index (χ0v) is 26.4. The number of benzene rings is 1. The molecule has 2 amide bonds. The molecule has 5 aliphatic rings. The number of amides is 2. The molecule has 236 valence electrons. The van der Waals surface area contributed by atoms with Gasteiger partial charge in [0.15, 0.2) is 5.72 Å². The Morgan fingerprint density at radius 3 is 2.48 bits per heavy atom. The largest absolute Gasteiger partial charge is 0.449 e. The van der Waals surface area contributed by atoms with Crippen molar-refractivity contribution in [1.29, 1.82) is 0 Å². The lowest BCUT2D eigenvalue weighted by Crippen LogP contribution is -2.56. The fraction of sp³-hybridized carbons (Fsp3) is 0.533. The summed E-state index contributed by atoms with van der Waals surface area (Å²) in [6.07, 6.45) is 2.38. The van der Waals surface area contributed by atoms with E-state index in [1.165, 1.54) is 46.4 Å². The van der Waals surface area contributed by atoms with Crippen LogP contribution >= 0.6 is 21.6 Å². The molecule has 4 N–H and O–H groups in total. The van der Waals surface area contributed by atoms with Crippen molar-refractivity contribution in [2.45, 2.75) is 55.5 Å². The highest BCUT2D eigenvalue weighted by atomic mass is 33.1. The summed E-state index contributed by atoms with van der Waals surface area (Å²) >= 11 is 0. The van der Waals surface area contributed by atoms with Gasteiger partial charge in [-0.15, -0.1) is 0 Å². The van der Waals surface area contributed by atoms with Crippen molar-refractivity contribution in [2.75, 3.05) is 45.6 Å². The van der Waals surface area contributed by atoms with Gasteiger partial charge >= 0.3 is 12.2 Å². The number of nitrogens with zero attached hydrogens (tertiary/aromatic N) is 3. The van der Waals surface area contributed by atoms with Crippen LogP contribution in [0.1, 0.15) is 31.7 Å². The van der Waals surface area contributed by atoms with Gasteiger partial charge in [-0.05, 0) is 50.6 Å². The Kier molecular flexibility index (Phi) is 8.61. The van der Waals surface area contributed by atoms with Crippen LogP contribution < -0.4 is 11.5 Å². The van der Waals surface area contributed by atoms with Crippen LogP contribution in [0.15, 0.2) is 51.7 Å². The summed E-state index contributed by atoms with van der Waals surface area (Å²) in [4.78, 5) is 58.4. The van der Waals surface area contributed by atoms with Gasteiger partial charge in [0.25, 0.3) is 0 Å². The molecule has 4 aliphatic heterocycles. The molecular weight excluding hydrogens is 606 g/mol. The molecule has 0 bridgehead atoms. The van der Waals surface area contributed by atoms with Gasteiger partial charge in [-0.1, -0.05) is 40.1 Å². The molecule has 0 aromatic heterocycles. The maximum Gasteiger partial charge on any atom is 0.410 e. The van der Waals surface area contributed by atoms with Crippen molar-refractivity contribution in [3.05, 3.63) is 52.4 Å². The van der Waals surface area contributed by atoms with Crippen LogP contribution in [0.25, 0.3) is 0 Å². The van der Waals surface area contributed by atoms with Crippen LogP contribution in [0.3, 0.4) is 0 Å². The van der Waals surface area contributed by atoms with Crippen molar-refractivity contribution < 1.29 is 33.4 Å². The molecule has 44 heavy (non-hydrogen) atoms. The predicted molar refractivity (Wildman–Crippen MR) is 164 cm³/mol. The van der Waals surface area contributed by atoms with Gasteiger partial charge in [-0.2, -0.15) is 0 Å². The minimum absolute atomic E-state index is 0.0884. The Balaban J connectivity index is 1.08. The topological polar surface area (TPSA) is 158 Å². The predicted octanol–water partition coefficient (Wildman–Crippen LogP) is 2.62. The Labute approximate surface area is 263 Å². The molecule has 0 spiro atoms. The number of rotatable bonds is 10. The number of Topliss-reactive ketones (excluding diaryl/α,β-unsaturated/α-hetero) is 2. The Morgan fingerprint density at radius 1 is 1.07 bits per heavy atom. The molecule has 1 aromatic rings. The SMILES string of the molecule is CO[C@@]12[C@H](COC(N)=O)C3=C(C(=O)C(C)=C(N)C3=O)N1C[C@H]1[C@@H]2N1C(=O)OCc1ccc(SSCCN2CCCCC2)cc1. The molecule has 4 atom stereocenters. The van der Waals surface area contributed by atoms with E-state index in [4.69, 9.17) is 25.7 Å². The molecule has 12 nitrogen and oxygen atoms in total. The monoisotopic (exact) mass is 643 g/mol. The minimum Gasteiger partial charge on any atom is -0.449 e. The second-order valence-electron chi connectivity index (χ2n) is 11.6. The van der Waals surface area contributed by atoms with Crippen LogP contribution in [0.2, 0.25) is 0 Å². The Bertz CT molecular complexity index is 1430. The molecule has 1 aliphatic carbocycles. The van der Waals surface area contributed by atoms with Crippen molar-refractivity contribution in [3.63, 3.8) is 0 Å². The molecule has 0 saturated carbocycles. The molecule has 6 rings (SSSR count). The highest BCUT2D eigenvalue weighted by Gasteiger charge is 2.78. The second kappa shape index (κ2) is 12.3. The average molecular weight is 644 g/mol. The standard InChI is InChI=1S/C30H37N5O7S2/c1-17-23(31)26(37)22-20(16-41-28(32)38)30(40-2)27-21(14-34(30)24(22)25(17)36)35(27)29(39)42-15-18-6-8-19(9-7-18)44-43-13-12-33-10-4-3-5-11-33/h6-9,20-21,27H,3-5,10-16,31H2,1-2H3,(H2,32,38)/t20-,21+,27+,30-,35?/m1/s1. The Morgan fingerprint density at radius 2 is 1.80 bits per heavy atom. The van der Waals surface area contributed by atoms with Gasteiger partial charge < -0.3 is 35.5 Å². The maximum absolute atomic E-state index is 13.3. The smallest absolute Gasteiger partial charge is 0.410 e. The number of carbonyl (C=O) groups is 4. The quantitative estimate of drug-likeness (QED) is 0.167. The first-order chi connectivity index (χ1) is 21.2. The van der Waals surface area contributed by atoms with Crippen molar-refractivity contribution in [2.24, 2.45) is 17.4 Å². The van der Waals surface area contributed by atoms with Gasteiger partial charge in [-0.25, -0.2) is 9.59 Å². The van der Waals surface area contributed by atoms with E-state index in [9.17, 15) is 19.2 Å². The highest BCUT2D eigenvalue weighted by molar-refractivity contribution is 8.76. The number of carbonyl (C=O) groups excluding carboxylic acids is 4.